The summed E-state index contributed by atoms with van der Waals surface area (Å²) in [4.78, 5) is 10.9. The lowest BCUT2D eigenvalue weighted by molar-refractivity contribution is 0.0692. The number of rotatable bonds is 3. The Morgan fingerprint density at radius 3 is 2.72 bits per heavy atom. The maximum atomic E-state index is 12.3. The highest BCUT2D eigenvalue weighted by atomic mass is 79.9. The Bertz CT molecular complexity index is 575. The summed E-state index contributed by atoms with van der Waals surface area (Å²) >= 11 is 3.16. The molecule has 1 atom stereocenters. The number of hydrogen-bond donors (Lipinski definition) is 1. The molecule has 0 saturated carbocycles. The monoisotopic (exact) mass is 334 g/mol. The number of carbonyl (C=O) groups is 1. The summed E-state index contributed by atoms with van der Waals surface area (Å²) < 4.78 is 30.3. The summed E-state index contributed by atoms with van der Waals surface area (Å²) in [6.45, 7) is 0.508. The maximum absolute atomic E-state index is 12.3. The number of ether oxygens (including phenoxy) is 1. The van der Waals surface area contributed by atoms with Crippen molar-refractivity contribution in [3.05, 3.63) is 28.2 Å². The summed E-state index contributed by atoms with van der Waals surface area (Å²) in [6, 6.07) is 4.12. The van der Waals surface area contributed by atoms with Crippen molar-refractivity contribution in [1.29, 1.82) is 0 Å². The molecule has 0 aromatic heterocycles. The van der Waals surface area contributed by atoms with E-state index in [1.165, 1.54) is 18.2 Å². The fourth-order valence-corrected chi connectivity index (χ4v) is 4.15. The number of carboxylic acids is 1. The first-order valence-corrected chi connectivity index (χ1v) is 7.61. The molecule has 1 aromatic carbocycles. The standard InChI is InChI=1S/C11H11BrO5S/c12-7-1-2-9(11(13)14)10(5-7)18(15,16)8-3-4-17-6-8/h1-2,5,8H,3-4,6H2,(H,13,14). The average Bonchev–Trinajstić information content (AvgIpc) is 2.82. The summed E-state index contributed by atoms with van der Waals surface area (Å²) in [5.74, 6) is -1.25. The molecule has 1 N–H and O–H groups in total. The van der Waals surface area contributed by atoms with Gasteiger partial charge < -0.3 is 9.84 Å². The Morgan fingerprint density at radius 2 is 2.17 bits per heavy atom. The molecule has 0 amide bonds. The third-order valence-corrected chi connectivity index (χ3v) is 5.50. The molecule has 1 unspecified atom stereocenters. The van der Waals surface area contributed by atoms with E-state index in [1.54, 1.807) is 0 Å². The molecule has 0 radical (unpaired) electrons. The van der Waals surface area contributed by atoms with E-state index in [2.05, 4.69) is 15.9 Å². The molecule has 0 aliphatic carbocycles. The van der Waals surface area contributed by atoms with Gasteiger partial charge in [0.15, 0.2) is 9.84 Å². The van der Waals surface area contributed by atoms with Crippen LogP contribution in [-0.4, -0.2) is 38.0 Å². The molecule has 1 heterocycles. The quantitative estimate of drug-likeness (QED) is 0.910. The van der Waals surface area contributed by atoms with Gasteiger partial charge in [-0.15, -0.1) is 0 Å². The van der Waals surface area contributed by atoms with Gasteiger partial charge in [0.2, 0.25) is 0 Å². The Balaban J connectivity index is 2.55. The van der Waals surface area contributed by atoms with Gasteiger partial charge in [-0.05, 0) is 24.6 Å². The largest absolute Gasteiger partial charge is 0.478 e. The molecule has 1 fully saturated rings. The SMILES string of the molecule is O=C(O)c1ccc(Br)cc1S(=O)(=O)C1CCOC1. The predicted molar refractivity (Wildman–Crippen MR) is 67.5 cm³/mol. The smallest absolute Gasteiger partial charge is 0.337 e. The lowest BCUT2D eigenvalue weighted by atomic mass is 10.2. The van der Waals surface area contributed by atoms with Gasteiger partial charge in [-0.25, -0.2) is 13.2 Å². The highest BCUT2D eigenvalue weighted by Gasteiger charge is 2.34. The normalized spacial score (nSPS) is 19.9. The van der Waals surface area contributed by atoms with Gasteiger partial charge in [-0.3, -0.25) is 0 Å². The van der Waals surface area contributed by atoms with Crippen LogP contribution in [0.2, 0.25) is 0 Å². The molecule has 2 rings (SSSR count). The first kappa shape index (κ1) is 13.5. The van der Waals surface area contributed by atoms with Crippen LogP contribution in [0.15, 0.2) is 27.6 Å². The van der Waals surface area contributed by atoms with E-state index in [1.807, 2.05) is 0 Å². The molecule has 7 heteroatoms. The van der Waals surface area contributed by atoms with Crippen LogP contribution in [0, 0.1) is 0 Å². The summed E-state index contributed by atoms with van der Waals surface area (Å²) in [7, 11) is -3.67. The van der Waals surface area contributed by atoms with Gasteiger partial charge in [-0.1, -0.05) is 15.9 Å². The van der Waals surface area contributed by atoms with Crippen LogP contribution in [-0.2, 0) is 14.6 Å². The number of sulfone groups is 1. The van der Waals surface area contributed by atoms with Gasteiger partial charge in [-0.2, -0.15) is 0 Å². The van der Waals surface area contributed by atoms with Crippen LogP contribution in [0.25, 0.3) is 0 Å². The second kappa shape index (κ2) is 4.99. The van der Waals surface area contributed by atoms with Crippen molar-refractivity contribution < 1.29 is 23.1 Å². The highest BCUT2D eigenvalue weighted by molar-refractivity contribution is 9.10. The van der Waals surface area contributed by atoms with Crippen LogP contribution in [0.4, 0.5) is 0 Å². The Kier molecular flexibility index (Phi) is 3.74. The minimum Gasteiger partial charge on any atom is -0.478 e. The van der Waals surface area contributed by atoms with E-state index in [0.29, 0.717) is 17.5 Å². The number of carboxylic acid groups (broad SMARTS) is 1. The molecule has 98 valence electrons. The van der Waals surface area contributed by atoms with Crippen molar-refractivity contribution in [2.24, 2.45) is 0 Å². The topological polar surface area (TPSA) is 80.7 Å². The van der Waals surface area contributed by atoms with Gasteiger partial charge in [0.1, 0.15) is 0 Å². The second-order valence-electron chi connectivity index (χ2n) is 3.98. The number of benzene rings is 1. The molecular formula is C11H11BrO5S. The zero-order chi connectivity index (χ0) is 13.3. The molecule has 5 nitrogen and oxygen atoms in total. The van der Waals surface area contributed by atoms with Gasteiger partial charge in [0, 0.05) is 11.1 Å². The van der Waals surface area contributed by atoms with Crippen molar-refractivity contribution in [2.75, 3.05) is 13.2 Å². The third-order valence-electron chi connectivity index (χ3n) is 2.81. The minimum absolute atomic E-state index is 0.119. The number of aromatic carboxylic acids is 1. The van der Waals surface area contributed by atoms with E-state index in [-0.39, 0.29) is 17.1 Å². The van der Waals surface area contributed by atoms with Gasteiger partial charge >= 0.3 is 5.97 Å². The van der Waals surface area contributed by atoms with Crippen molar-refractivity contribution in [1.82, 2.24) is 0 Å². The Labute approximate surface area is 113 Å². The second-order valence-corrected chi connectivity index (χ2v) is 7.09. The van der Waals surface area contributed by atoms with Crippen LogP contribution in [0.5, 0.6) is 0 Å². The summed E-state index contributed by atoms with van der Waals surface area (Å²) in [5, 5.41) is 8.39. The minimum atomic E-state index is -3.67. The fraction of sp³-hybridized carbons (Fsp3) is 0.364. The Morgan fingerprint density at radius 1 is 1.44 bits per heavy atom. The van der Waals surface area contributed by atoms with Gasteiger partial charge in [0.05, 0.1) is 22.3 Å². The molecule has 1 aliphatic heterocycles. The van der Waals surface area contributed by atoms with Crippen molar-refractivity contribution >= 4 is 31.7 Å². The van der Waals surface area contributed by atoms with Gasteiger partial charge in [0.25, 0.3) is 0 Å². The highest BCUT2D eigenvalue weighted by Crippen LogP contribution is 2.28. The van der Waals surface area contributed by atoms with Crippen LogP contribution in [0.1, 0.15) is 16.8 Å². The zero-order valence-electron chi connectivity index (χ0n) is 9.30. The molecule has 1 saturated heterocycles. The van der Waals surface area contributed by atoms with Crippen molar-refractivity contribution in [2.45, 2.75) is 16.6 Å². The number of hydrogen-bond acceptors (Lipinski definition) is 4. The van der Waals surface area contributed by atoms with E-state index in [9.17, 15) is 13.2 Å². The summed E-state index contributed by atoms with van der Waals surface area (Å²) in [6.07, 6.45) is 0.397. The van der Waals surface area contributed by atoms with E-state index < -0.39 is 21.1 Å². The van der Waals surface area contributed by atoms with Crippen molar-refractivity contribution in [3.63, 3.8) is 0 Å². The molecule has 0 spiro atoms. The lowest BCUT2D eigenvalue weighted by Crippen LogP contribution is -2.23. The fourth-order valence-electron chi connectivity index (χ4n) is 1.85. The zero-order valence-corrected chi connectivity index (χ0v) is 11.7. The van der Waals surface area contributed by atoms with Crippen LogP contribution < -0.4 is 0 Å². The lowest BCUT2D eigenvalue weighted by Gasteiger charge is -2.12. The van der Waals surface area contributed by atoms with Crippen LogP contribution >= 0.6 is 15.9 Å². The first-order valence-electron chi connectivity index (χ1n) is 5.27. The average molecular weight is 335 g/mol. The Hall–Kier alpha value is -0.920. The summed E-state index contributed by atoms with van der Waals surface area (Å²) in [5.41, 5.74) is -0.204. The molecule has 1 aromatic rings. The molecular weight excluding hydrogens is 324 g/mol. The van der Waals surface area contributed by atoms with E-state index in [0.717, 1.165) is 0 Å². The van der Waals surface area contributed by atoms with E-state index >= 15 is 0 Å². The maximum Gasteiger partial charge on any atom is 0.337 e. The third kappa shape index (κ3) is 2.43. The molecule has 18 heavy (non-hydrogen) atoms. The van der Waals surface area contributed by atoms with Crippen LogP contribution in [0.3, 0.4) is 0 Å². The van der Waals surface area contributed by atoms with E-state index in [4.69, 9.17) is 9.84 Å². The predicted octanol–water partition coefficient (Wildman–Crippen LogP) is 1.71. The molecule has 0 bridgehead atoms. The number of halogens is 1. The molecule has 1 aliphatic rings. The van der Waals surface area contributed by atoms with Crippen molar-refractivity contribution in [3.8, 4) is 0 Å². The first-order chi connectivity index (χ1) is 8.43.